The predicted octanol–water partition coefficient (Wildman–Crippen LogP) is 1.34. The van der Waals surface area contributed by atoms with Crippen molar-refractivity contribution in [1.29, 1.82) is 0 Å². The predicted molar refractivity (Wildman–Crippen MR) is 94.7 cm³/mol. The van der Waals surface area contributed by atoms with Crippen molar-refractivity contribution in [3.63, 3.8) is 0 Å². The Bertz CT molecular complexity index is 573. The number of benzene rings is 1. The van der Waals surface area contributed by atoms with Gasteiger partial charge in [0.05, 0.1) is 13.0 Å². The Kier molecular flexibility index (Phi) is 6.45. The van der Waals surface area contributed by atoms with Gasteiger partial charge in [0.15, 0.2) is 0 Å². The van der Waals surface area contributed by atoms with E-state index in [4.69, 9.17) is 4.74 Å². The van der Waals surface area contributed by atoms with Crippen LogP contribution in [0.4, 0.5) is 5.69 Å². The van der Waals surface area contributed by atoms with Gasteiger partial charge in [-0.25, -0.2) is 0 Å². The summed E-state index contributed by atoms with van der Waals surface area (Å²) in [5.74, 6) is 0.488. The Morgan fingerprint density at radius 3 is 2.54 bits per heavy atom. The topological polar surface area (TPSA) is 70.7 Å². The molecule has 6 nitrogen and oxygen atoms in total. The number of hydrogen-bond acceptors (Lipinski definition) is 4. The number of nitrogens with zero attached hydrogens (tertiary/aromatic N) is 1. The summed E-state index contributed by atoms with van der Waals surface area (Å²) in [5.41, 5.74) is 0.813. The summed E-state index contributed by atoms with van der Waals surface area (Å²) in [4.78, 5) is 26.3. The van der Waals surface area contributed by atoms with Crippen LogP contribution in [0.5, 0.6) is 5.75 Å². The minimum Gasteiger partial charge on any atom is -0.497 e. The van der Waals surface area contributed by atoms with Crippen molar-refractivity contribution in [3.8, 4) is 5.75 Å². The average Bonchev–Trinajstić information content (AvgIpc) is 2.98. The van der Waals surface area contributed by atoms with Crippen LogP contribution in [0.2, 0.25) is 0 Å². The van der Waals surface area contributed by atoms with Crippen LogP contribution in [0.1, 0.15) is 19.3 Å². The molecular weight excluding hydrogens is 330 g/mol. The second-order valence-corrected chi connectivity index (χ2v) is 6.14. The fraction of sp³-hybridized carbons (Fsp3) is 0.529. The zero-order chi connectivity index (χ0) is 16.2. The molecule has 0 bridgehead atoms. The normalized spacial score (nSPS) is 21.3. The van der Waals surface area contributed by atoms with E-state index in [1.165, 1.54) is 0 Å². The smallest absolute Gasteiger partial charge is 0.227 e. The third-order valence-corrected chi connectivity index (χ3v) is 4.57. The van der Waals surface area contributed by atoms with E-state index < -0.39 is 0 Å². The first-order chi connectivity index (χ1) is 11.2. The molecule has 7 heteroatoms. The summed E-state index contributed by atoms with van der Waals surface area (Å²) in [6.45, 7) is 2.32. The van der Waals surface area contributed by atoms with E-state index in [0.717, 1.165) is 37.4 Å². The second kappa shape index (κ2) is 8.35. The Morgan fingerprint density at radius 1 is 1.25 bits per heavy atom. The SMILES string of the molecule is COc1ccc(N2CC(C(=O)NC3CCNCC3)CC2=O)cc1.Cl. The number of rotatable bonds is 4. The van der Waals surface area contributed by atoms with Crippen LogP contribution >= 0.6 is 12.4 Å². The maximum absolute atomic E-state index is 12.4. The third kappa shape index (κ3) is 4.19. The highest BCUT2D eigenvalue weighted by molar-refractivity contribution is 6.00. The van der Waals surface area contributed by atoms with Crippen molar-refractivity contribution in [2.75, 3.05) is 31.6 Å². The molecular formula is C17H24ClN3O3. The number of amides is 2. The first-order valence-corrected chi connectivity index (χ1v) is 8.13. The van der Waals surface area contributed by atoms with Crippen LogP contribution in [0.25, 0.3) is 0 Å². The van der Waals surface area contributed by atoms with Crippen molar-refractivity contribution in [1.82, 2.24) is 10.6 Å². The lowest BCUT2D eigenvalue weighted by molar-refractivity contribution is -0.127. The number of ether oxygens (including phenoxy) is 1. The van der Waals surface area contributed by atoms with E-state index >= 15 is 0 Å². The molecule has 1 atom stereocenters. The molecule has 2 heterocycles. The van der Waals surface area contributed by atoms with Crippen molar-refractivity contribution < 1.29 is 14.3 Å². The molecule has 2 N–H and O–H groups in total. The molecule has 0 aromatic heterocycles. The first kappa shape index (κ1) is 18.5. The molecule has 2 saturated heterocycles. The Labute approximate surface area is 148 Å². The number of halogens is 1. The number of piperidine rings is 1. The van der Waals surface area contributed by atoms with Gasteiger partial charge in [0, 0.05) is 24.7 Å². The number of hydrogen-bond donors (Lipinski definition) is 2. The lowest BCUT2D eigenvalue weighted by Gasteiger charge is -2.25. The van der Waals surface area contributed by atoms with Crippen LogP contribution in [-0.4, -0.2) is 44.6 Å². The maximum atomic E-state index is 12.4. The zero-order valence-electron chi connectivity index (χ0n) is 13.8. The van der Waals surface area contributed by atoms with E-state index in [9.17, 15) is 9.59 Å². The monoisotopic (exact) mass is 353 g/mol. The molecule has 132 valence electrons. The van der Waals surface area contributed by atoms with E-state index in [1.807, 2.05) is 24.3 Å². The molecule has 2 aliphatic rings. The minimum absolute atomic E-state index is 0. The quantitative estimate of drug-likeness (QED) is 0.857. The van der Waals surface area contributed by atoms with E-state index in [2.05, 4.69) is 10.6 Å². The molecule has 0 spiro atoms. The molecule has 24 heavy (non-hydrogen) atoms. The summed E-state index contributed by atoms with van der Waals surface area (Å²) >= 11 is 0. The van der Waals surface area contributed by atoms with Gasteiger partial charge >= 0.3 is 0 Å². The second-order valence-electron chi connectivity index (χ2n) is 6.14. The molecule has 1 aromatic carbocycles. The molecule has 2 fully saturated rings. The number of methoxy groups -OCH3 is 1. The van der Waals surface area contributed by atoms with Crippen LogP contribution in [0.3, 0.4) is 0 Å². The molecule has 0 saturated carbocycles. The summed E-state index contributed by atoms with van der Waals surface area (Å²) in [6, 6.07) is 7.58. The largest absolute Gasteiger partial charge is 0.497 e. The van der Waals surface area contributed by atoms with Gasteiger partial charge in [-0.3, -0.25) is 9.59 Å². The van der Waals surface area contributed by atoms with Gasteiger partial charge in [-0.05, 0) is 50.2 Å². The minimum atomic E-state index is -0.264. The van der Waals surface area contributed by atoms with Gasteiger partial charge < -0.3 is 20.3 Å². The van der Waals surface area contributed by atoms with Crippen LogP contribution < -0.4 is 20.3 Å². The van der Waals surface area contributed by atoms with Gasteiger partial charge in [0.25, 0.3) is 0 Å². The average molecular weight is 354 g/mol. The van der Waals surface area contributed by atoms with Gasteiger partial charge in [-0.15, -0.1) is 12.4 Å². The molecule has 3 rings (SSSR count). The van der Waals surface area contributed by atoms with Gasteiger partial charge in [0.2, 0.25) is 11.8 Å². The number of nitrogens with one attached hydrogen (secondary N) is 2. The first-order valence-electron chi connectivity index (χ1n) is 8.13. The fourth-order valence-electron chi connectivity index (χ4n) is 3.18. The van der Waals surface area contributed by atoms with Crippen molar-refractivity contribution in [2.24, 2.45) is 5.92 Å². The molecule has 2 aliphatic heterocycles. The van der Waals surface area contributed by atoms with Gasteiger partial charge in [0.1, 0.15) is 5.75 Å². The van der Waals surface area contributed by atoms with Gasteiger partial charge in [-0.1, -0.05) is 0 Å². The molecule has 0 aliphatic carbocycles. The lowest BCUT2D eigenvalue weighted by atomic mass is 10.0. The fourth-order valence-corrected chi connectivity index (χ4v) is 3.18. The van der Waals surface area contributed by atoms with Crippen molar-refractivity contribution in [3.05, 3.63) is 24.3 Å². The standard InChI is InChI=1S/C17H23N3O3.ClH/c1-23-15-4-2-14(3-5-15)20-11-12(10-16(20)21)17(22)19-13-6-8-18-9-7-13;/h2-5,12-13,18H,6-11H2,1H3,(H,19,22);1H. The number of carbonyl (C=O) groups is 2. The Hall–Kier alpha value is -1.79. The number of carbonyl (C=O) groups excluding carboxylic acids is 2. The van der Waals surface area contributed by atoms with Crippen molar-refractivity contribution in [2.45, 2.75) is 25.3 Å². The molecule has 1 aromatic rings. The Morgan fingerprint density at radius 2 is 1.92 bits per heavy atom. The van der Waals surface area contributed by atoms with Crippen LogP contribution in [0.15, 0.2) is 24.3 Å². The lowest BCUT2D eigenvalue weighted by Crippen LogP contribution is -2.45. The highest BCUT2D eigenvalue weighted by Gasteiger charge is 2.35. The summed E-state index contributed by atoms with van der Waals surface area (Å²) in [6.07, 6.45) is 2.19. The van der Waals surface area contributed by atoms with Crippen molar-refractivity contribution >= 4 is 29.9 Å². The van der Waals surface area contributed by atoms with Crippen LogP contribution in [0, 0.1) is 5.92 Å². The molecule has 0 radical (unpaired) electrons. The maximum Gasteiger partial charge on any atom is 0.227 e. The highest BCUT2D eigenvalue weighted by atomic mass is 35.5. The summed E-state index contributed by atoms with van der Waals surface area (Å²) in [7, 11) is 1.61. The summed E-state index contributed by atoms with van der Waals surface area (Å²) in [5, 5.41) is 6.37. The van der Waals surface area contributed by atoms with Gasteiger partial charge in [-0.2, -0.15) is 0 Å². The van der Waals surface area contributed by atoms with Crippen LogP contribution in [-0.2, 0) is 9.59 Å². The van der Waals surface area contributed by atoms with E-state index in [0.29, 0.717) is 6.54 Å². The third-order valence-electron chi connectivity index (χ3n) is 4.57. The van der Waals surface area contributed by atoms with E-state index in [1.54, 1.807) is 12.0 Å². The zero-order valence-corrected chi connectivity index (χ0v) is 14.6. The highest BCUT2D eigenvalue weighted by Crippen LogP contribution is 2.27. The number of anilines is 1. The van der Waals surface area contributed by atoms with E-state index in [-0.39, 0.29) is 42.6 Å². The molecule has 1 unspecified atom stereocenters. The summed E-state index contributed by atoms with van der Waals surface area (Å²) < 4.78 is 5.13. The Balaban J connectivity index is 0.00000208. The molecule has 2 amide bonds.